The SMILES string of the molecule is Cc1cccc(NC(=O)N2CCC(C(=O)C(=O)N3CCCC3)c3ccccc3NC(C(=O)C(=O)N3CCCC3)C2)c1. The van der Waals surface area contributed by atoms with Crippen molar-refractivity contribution in [2.75, 3.05) is 49.9 Å². The number of ketones is 2. The van der Waals surface area contributed by atoms with E-state index in [9.17, 15) is 24.0 Å². The molecule has 0 spiro atoms. The van der Waals surface area contributed by atoms with Gasteiger partial charge in [0.2, 0.25) is 11.6 Å². The molecule has 216 valence electrons. The first kappa shape index (κ1) is 28.3. The molecule has 3 aliphatic heterocycles. The number of aryl methyl sites for hydroxylation is 1. The zero-order valence-corrected chi connectivity index (χ0v) is 23.4. The van der Waals surface area contributed by atoms with Gasteiger partial charge in [0.25, 0.3) is 11.8 Å². The van der Waals surface area contributed by atoms with Crippen molar-refractivity contribution in [3.63, 3.8) is 0 Å². The summed E-state index contributed by atoms with van der Waals surface area (Å²) in [4.78, 5) is 71.8. The molecular weight excluding hydrogens is 522 g/mol. The number of fused-ring (bicyclic) bond motifs is 1. The highest BCUT2D eigenvalue weighted by atomic mass is 16.2. The van der Waals surface area contributed by atoms with Gasteiger partial charge in [0.05, 0.1) is 12.5 Å². The van der Waals surface area contributed by atoms with Crippen LogP contribution in [0, 0.1) is 6.92 Å². The summed E-state index contributed by atoms with van der Waals surface area (Å²) in [6, 6.07) is 13.0. The van der Waals surface area contributed by atoms with Crippen molar-refractivity contribution in [1.29, 1.82) is 0 Å². The van der Waals surface area contributed by atoms with Gasteiger partial charge in [0, 0.05) is 44.1 Å². The molecule has 2 aromatic carbocycles. The van der Waals surface area contributed by atoms with Gasteiger partial charge in [-0.1, -0.05) is 30.3 Å². The quantitative estimate of drug-likeness (QED) is 0.544. The van der Waals surface area contributed by atoms with Crippen LogP contribution in [0.3, 0.4) is 0 Å². The zero-order valence-electron chi connectivity index (χ0n) is 23.4. The molecule has 0 aromatic heterocycles. The zero-order chi connectivity index (χ0) is 28.9. The lowest BCUT2D eigenvalue weighted by molar-refractivity contribution is -0.144. The number of nitrogens with one attached hydrogen (secondary N) is 2. The van der Waals surface area contributed by atoms with Crippen LogP contribution < -0.4 is 10.6 Å². The molecule has 3 aliphatic rings. The Labute approximate surface area is 240 Å². The van der Waals surface area contributed by atoms with Crippen LogP contribution in [-0.4, -0.2) is 89.4 Å². The highest BCUT2D eigenvalue weighted by molar-refractivity contribution is 6.39. The molecule has 5 rings (SSSR count). The number of anilines is 2. The van der Waals surface area contributed by atoms with E-state index in [4.69, 9.17) is 0 Å². The van der Waals surface area contributed by atoms with Gasteiger partial charge in [0.1, 0.15) is 6.04 Å². The van der Waals surface area contributed by atoms with Gasteiger partial charge in [0.15, 0.2) is 0 Å². The van der Waals surface area contributed by atoms with Crippen LogP contribution in [0.1, 0.15) is 49.1 Å². The summed E-state index contributed by atoms with van der Waals surface area (Å²) in [5, 5.41) is 6.09. The first-order chi connectivity index (χ1) is 19.8. The lowest BCUT2D eigenvalue weighted by atomic mass is 9.89. The first-order valence-electron chi connectivity index (χ1n) is 14.5. The predicted octanol–water partition coefficient (Wildman–Crippen LogP) is 3.18. The molecule has 0 bridgehead atoms. The maximum atomic E-state index is 13.7. The largest absolute Gasteiger partial charge is 0.373 e. The van der Waals surface area contributed by atoms with Crippen LogP contribution in [0.15, 0.2) is 48.5 Å². The van der Waals surface area contributed by atoms with Crippen molar-refractivity contribution in [2.45, 2.75) is 51.0 Å². The second-order valence-electron chi connectivity index (χ2n) is 11.1. The van der Waals surface area contributed by atoms with Crippen molar-refractivity contribution < 1.29 is 24.0 Å². The molecule has 2 aromatic rings. The van der Waals surface area contributed by atoms with Crippen LogP contribution >= 0.6 is 0 Å². The Balaban J connectivity index is 1.47. The first-order valence-corrected chi connectivity index (χ1v) is 14.5. The number of urea groups is 1. The Bertz CT molecular complexity index is 1330. The van der Waals surface area contributed by atoms with Gasteiger partial charge in [-0.25, -0.2) is 4.79 Å². The van der Waals surface area contributed by atoms with E-state index in [0.29, 0.717) is 43.1 Å². The minimum absolute atomic E-state index is 0.0780. The van der Waals surface area contributed by atoms with E-state index >= 15 is 0 Å². The molecule has 2 saturated heterocycles. The normalized spacial score (nSPS) is 20.8. The molecule has 0 radical (unpaired) electrons. The number of rotatable bonds is 5. The summed E-state index contributed by atoms with van der Waals surface area (Å²) in [5.74, 6) is -3.07. The number of amides is 4. The number of hydrogen-bond donors (Lipinski definition) is 2. The fourth-order valence-corrected chi connectivity index (χ4v) is 5.90. The molecule has 10 nitrogen and oxygen atoms in total. The summed E-state index contributed by atoms with van der Waals surface area (Å²) < 4.78 is 0. The molecule has 2 fully saturated rings. The highest BCUT2D eigenvalue weighted by Gasteiger charge is 2.38. The highest BCUT2D eigenvalue weighted by Crippen LogP contribution is 2.32. The topological polar surface area (TPSA) is 119 Å². The minimum Gasteiger partial charge on any atom is -0.373 e. The second-order valence-corrected chi connectivity index (χ2v) is 11.1. The van der Waals surface area contributed by atoms with Gasteiger partial charge in [-0.2, -0.15) is 0 Å². The van der Waals surface area contributed by atoms with Gasteiger partial charge < -0.3 is 25.3 Å². The molecule has 0 saturated carbocycles. The van der Waals surface area contributed by atoms with E-state index in [1.54, 1.807) is 40.1 Å². The van der Waals surface area contributed by atoms with E-state index in [0.717, 1.165) is 31.2 Å². The maximum Gasteiger partial charge on any atom is 0.321 e. The molecule has 2 N–H and O–H groups in total. The number of benzene rings is 2. The third kappa shape index (κ3) is 6.42. The number of carbonyl (C=O) groups excluding carboxylic acids is 5. The van der Waals surface area contributed by atoms with Crippen molar-refractivity contribution in [3.05, 3.63) is 59.7 Å². The fraction of sp³-hybridized carbons (Fsp3) is 0.452. The minimum atomic E-state index is -1.03. The molecule has 3 heterocycles. The fourth-order valence-electron chi connectivity index (χ4n) is 5.90. The van der Waals surface area contributed by atoms with Crippen LogP contribution in [0.25, 0.3) is 0 Å². The number of carbonyl (C=O) groups is 5. The Kier molecular flexibility index (Phi) is 8.66. The van der Waals surface area contributed by atoms with Gasteiger partial charge in [-0.05, 0) is 68.4 Å². The van der Waals surface area contributed by atoms with E-state index < -0.39 is 41.4 Å². The van der Waals surface area contributed by atoms with Crippen molar-refractivity contribution in [1.82, 2.24) is 14.7 Å². The monoisotopic (exact) mass is 559 g/mol. The average molecular weight is 560 g/mol. The van der Waals surface area contributed by atoms with Gasteiger partial charge >= 0.3 is 6.03 Å². The van der Waals surface area contributed by atoms with E-state index in [1.165, 1.54) is 4.90 Å². The Hall–Kier alpha value is -4.21. The molecule has 0 aliphatic carbocycles. The molecule has 4 amide bonds. The molecule has 2 unspecified atom stereocenters. The number of likely N-dealkylation sites (tertiary alicyclic amines) is 2. The standard InChI is InChI=1S/C31H37N5O5/c1-21-9-8-10-22(19-21)32-31(41)36-18-13-24(27(37)29(39)34-14-4-5-15-34)23-11-2-3-12-25(23)33-26(20-36)28(38)30(40)35-16-6-7-17-35/h2-3,8-12,19,24,26,33H,4-7,13-18,20H2,1H3,(H,32,41). The third-order valence-corrected chi connectivity index (χ3v) is 8.15. The number of nitrogens with zero attached hydrogens (tertiary/aromatic N) is 3. The second kappa shape index (κ2) is 12.5. The van der Waals surface area contributed by atoms with Crippen LogP contribution in [0.2, 0.25) is 0 Å². The van der Waals surface area contributed by atoms with Gasteiger partial charge in [-0.15, -0.1) is 0 Å². The molecule has 41 heavy (non-hydrogen) atoms. The van der Waals surface area contributed by atoms with Crippen molar-refractivity contribution in [3.8, 4) is 0 Å². The summed E-state index contributed by atoms with van der Waals surface area (Å²) in [7, 11) is 0. The summed E-state index contributed by atoms with van der Waals surface area (Å²) in [6.45, 7) is 4.11. The Morgan fingerprint density at radius 3 is 2.05 bits per heavy atom. The van der Waals surface area contributed by atoms with E-state index in [2.05, 4.69) is 10.6 Å². The lowest BCUT2D eigenvalue weighted by Gasteiger charge is -2.28. The number of para-hydroxylation sites is 1. The third-order valence-electron chi connectivity index (χ3n) is 8.15. The predicted molar refractivity (Wildman–Crippen MR) is 155 cm³/mol. The maximum absolute atomic E-state index is 13.7. The lowest BCUT2D eigenvalue weighted by Crippen LogP contribution is -2.50. The Morgan fingerprint density at radius 2 is 1.39 bits per heavy atom. The van der Waals surface area contributed by atoms with Crippen LogP contribution in [0.5, 0.6) is 0 Å². The Morgan fingerprint density at radius 1 is 0.756 bits per heavy atom. The van der Waals surface area contributed by atoms with Crippen molar-refractivity contribution in [2.24, 2.45) is 0 Å². The molecule has 10 heteroatoms. The summed E-state index contributed by atoms with van der Waals surface area (Å²) in [5.41, 5.74) is 2.66. The van der Waals surface area contributed by atoms with Gasteiger partial charge in [-0.3, -0.25) is 19.2 Å². The van der Waals surface area contributed by atoms with Crippen LogP contribution in [0.4, 0.5) is 16.2 Å². The molecular formula is C31H37N5O5. The van der Waals surface area contributed by atoms with Crippen LogP contribution in [-0.2, 0) is 19.2 Å². The summed E-state index contributed by atoms with van der Waals surface area (Å²) in [6.07, 6.45) is 3.62. The average Bonchev–Trinajstić information content (AvgIpc) is 3.71. The van der Waals surface area contributed by atoms with E-state index in [-0.39, 0.29) is 19.5 Å². The smallest absolute Gasteiger partial charge is 0.321 e. The van der Waals surface area contributed by atoms with Crippen molar-refractivity contribution >= 4 is 40.8 Å². The summed E-state index contributed by atoms with van der Waals surface area (Å²) >= 11 is 0. The number of hydrogen-bond acceptors (Lipinski definition) is 6. The van der Waals surface area contributed by atoms with E-state index in [1.807, 2.05) is 25.1 Å². The number of Topliss-reactive ketones (excluding diaryl/α,β-unsaturated/α-hetero) is 2. The molecule has 2 atom stereocenters.